The van der Waals surface area contributed by atoms with Gasteiger partial charge in [0, 0.05) is 33.2 Å². The van der Waals surface area contributed by atoms with Crippen molar-refractivity contribution in [3.05, 3.63) is 0 Å². The van der Waals surface area contributed by atoms with Crippen LogP contribution in [0.25, 0.3) is 0 Å². The summed E-state index contributed by atoms with van der Waals surface area (Å²) in [4.78, 5) is 23.3. The van der Waals surface area contributed by atoms with Gasteiger partial charge >= 0.3 is 0 Å². The molecule has 2 amide bonds. The number of nitrogens with one attached hydrogen (secondary N) is 2. The Hall–Kier alpha value is -1.14. The second-order valence-electron chi connectivity index (χ2n) is 5.71. The first-order valence-corrected chi connectivity index (χ1v) is 7.92. The van der Waals surface area contributed by atoms with E-state index in [0.717, 1.165) is 0 Å². The fourth-order valence-corrected chi connectivity index (χ4v) is 2.67. The van der Waals surface area contributed by atoms with Crippen molar-refractivity contribution in [1.82, 2.24) is 10.6 Å². The second kappa shape index (κ2) is 10.6. The maximum absolute atomic E-state index is 11.8. The highest BCUT2D eigenvalue weighted by Gasteiger charge is 2.16. The maximum Gasteiger partial charge on any atom is 0.222 e. The van der Waals surface area contributed by atoms with Crippen molar-refractivity contribution < 1.29 is 14.3 Å². The van der Waals surface area contributed by atoms with Crippen LogP contribution < -0.4 is 16.4 Å². The highest BCUT2D eigenvalue weighted by atomic mass is 16.5. The number of ether oxygens (including phenoxy) is 1. The van der Waals surface area contributed by atoms with Crippen LogP contribution in [0.1, 0.15) is 44.9 Å². The lowest BCUT2D eigenvalue weighted by molar-refractivity contribution is -0.124. The van der Waals surface area contributed by atoms with Gasteiger partial charge in [0.05, 0.1) is 12.5 Å². The third-order valence-corrected chi connectivity index (χ3v) is 3.98. The molecule has 1 aliphatic carbocycles. The van der Waals surface area contributed by atoms with Gasteiger partial charge in [-0.1, -0.05) is 19.3 Å². The second-order valence-corrected chi connectivity index (χ2v) is 5.71. The first-order valence-electron chi connectivity index (χ1n) is 7.92. The Labute approximate surface area is 127 Å². The number of amides is 2. The minimum absolute atomic E-state index is 0.0906. The molecule has 21 heavy (non-hydrogen) atoms. The highest BCUT2D eigenvalue weighted by Crippen LogP contribution is 2.25. The minimum Gasteiger partial charge on any atom is -0.380 e. The molecule has 0 aromatic heterocycles. The van der Waals surface area contributed by atoms with Gasteiger partial charge in [0.25, 0.3) is 0 Å². The van der Waals surface area contributed by atoms with Gasteiger partial charge in [-0.2, -0.15) is 0 Å². The SMILES string of the molecule is COC(CN)CC(=O)NCCNC(=O)CC1CCCCC1. The van der Waals surface area contributed by atoms with Crippen LogP contribution in [-0.4, -0.2) is 44.7 Å². The van der Waals surface area contributed by atoms with Crippen LogP contribution in [0.4, 0.5) is 0 Å². The van der Waals surface area contributed by atoms with Crippen LogP contribution in [0.2, 0.25) is 0 Å². The smallest absolute Gasteiger partial charge is 0.222 e. The number of methoxy groups -OCH3 is 1. The molecular weight excluding hydrogens is 270 g/mol. The minimum atomic E-state index is -0.245. The predicted octanol–water partition coefficient (Wildman–Crippen LogP) is 0.553. The molecule has 1 fully saturated rings. The fraction of sp³-hybridized carbons (Fsp3) is 0.867. The Bertz CT molecular complexity index is 313. The molecule has 4 N–H and O–H groups in total. The first-order chi connectivity index (χ1) is 10.2. The molecule has 1 saturated carbocycles. The van der Waals surface area contributed by atoms with Crippen molar-refractivity contribution in [2.24, 2.45) is 11.7 Å². The summed E-state index contributed by atoms with van der Waals surface area (Å²) in [5.74, 6) is 0.530. The summed E-state index contributed by atoms with van der Waals surface area (Å²) in [7, 11) is 1.54. The van der Waals surface area contributed by atoms with Crippen molar-refractivity contribution >= 4 is 11.8 Å². The zero-order valence-corrected chi connectivity index (χ0v) is 13.0. The van der Waals surface area contributed by atoms with E-state index < -0.39 is 0 Å². The van der Waals surface area contributed by atoms with Crippen molar-refractivity contribution in [3.63, 3.8) is 0 Å². The van der Waals surface area contributed by atoms with Crippen LogP contribution in [-0.2, 0) is 14.3 Å². The van der Waals surface area contributed by atoms with E-state index in [2.05, 4.69) is 10.6 Å². The van der Waals surface area contributed by atoms with E-state index in [1.165, 1.54) is 39.2 Å². The van der Waals surface area contributed by atoms with E-state index in [0.29, 0.717) is 32.0 Å². The Morgan fingerprint density at radius 2 is 1.76 bits per heavy atom. The van der Waals surface area contributed by atoms with Crippen molar-refractivity contribution in [2.75, 3.05) is 26.7 Å². The summed E-state index contributed by atoms with van der Waals surface area (Å²) in [6.07, 6.45) is 6.76. The Morgan fingerprint density at radius 1 is 1.14 bits per heavy atom. The summed E-state index contributed by atoms with van der Waals surface area (Å²) < 4.78 is 5.04. The van der Waals surface area contributed by atoms with Crippen LogP contribution in [0.3, 0.4) is 0 Å². The highest BCUT2D eigenvalue weighted by molar-refractivity contribution is 5.77. The van der Waals surface area contributed by atoms with Gasteiger partial charge in [-0.05, 0) is 18.8 Å². The largest absolute Gasteiger partial charge is 0.380 e. The van der Waals surface area contributed by atoms with E-state index in [-0.39, 0.29) is 24.3 Å². The Morgan fingerprint density at radius 3 is 2.33 bits per heavy atom. The third kappa shape index (κ3) is 8.02. The number of carbonyl (C=O) groups excluding carboxylic acids is 2. The van der Waals surface area contributed by atoms with Crippen LogP contribution in [0, 0.1) is 5.92 Å². The van der Waals surface area contributed by atoms with Gasteiger partial charge in [-0.25, -0.2) is 0 Å². The molecule has 0 aromatic carbocycles. The molecule has 0 aliphatic heterocycles. The molecule has 1 aliphatic rings. The molecule has 1 atom stereocenters. The number of hydrogen-bond acceptors (Lipinski definition) is 4. The lowest BCUT2D eigenvalue weighted by Crippen LogP contribution is -2.37. The molecule has 6 heteroatoms. The summed E-state index contributed by atoms with van der Waals surface area (Å²) >= 11 is 0. The predicted molar refractivity (Wildman–Crippen MR) is 81.7 cm³/mol. The number of carbonyl (C=O) groups is 2. The van der Waals surface area contributed by atoms with E-state index >= 15 is 0 Å². The third-order valence-electron chi connectivity index (χ3n) is 3.98. The molecule has 1 unspecified atom stereocenters. The zero-order valence-electron chi connectivity index (χ0n) is 13.0. The van der Waals surface area contributed by atoms with Gasteiger partial charge in [0.15, 0.2) is 0 Å². The molecule has 0 saturated heterocycles. The fourth-order valence-electron chi connectivity index (χ4n) is 2.67. The van der Waals surface area contributed by atoms with Crippen LogP contribution in [0.15, 0.2) is 0 Å². The molecule has 0 spiro atoms. The average molecular weight is 299 g/mol. The molecule has 122 valence electrons. The molecule has 0 heterocycles. The summed E-state index contributed by atoms with van der Waals surface area (Å²) in [5, 5.41) is 5.61. The van der Waals surface area contributed by atoms with Crippen LogP contribution >= 0.6 is 0 Å². The Kier molecular flexibility index (Phi) is 9.01. The van der Waals surface area contributed by atoms with Gasteiger partial charge in [0.1, 0.15) is 0 Å². The molecule has 1 rings (SSSR count). The van der Waals surface area contributed by atoms with Crippen LogP contribution in [0.5, 0.6) is 0 Å². The molecule has 0 bridgehead atoms. The monoisotopic (exact) mass is 299 g/mol. The van der Waals surface area contributed by atoms with Gasteiger partial charge in [-0.15, -0.1) is 0 Å². The average Bonchev–Trinajstić information content (AvgIpc) is 2.50. The van der Waals surface area contributed by atoms with E-state index in [1.54, 1.807) is 0 Å². The first kappa shape index (κ1) is 17.9. The van der Waals surface area contributed by atoms with Gasteiger partial charge in [-0.3, -0.25) is 9.59 Å². The van der Waals surface area contributed by atoms with E-state index in [4.69, 9.17) is 10.5 Å². The van der Waals surface area contributed by atoms with Crippen molar-refractivity contribution in [3.8, 4) is 0 Å². The van der Waals surface area contributed by atoms with Gasteiger partial charge in [0.2, 0.25) is 11.8 Å². The number of nitrogens with two attached hydrogens (primary N) is 1. The van der Waals surface area contributed by atoms with Crippen molar-refractivity contribution in [2.45, 2.75) is 51.0 Å². The quantitative estimate of drug-likeness (QED) is 0.542. The lowest BCUT2D eigenvalue weighted by Gasteiger charge is -2.20. The van der Waals surface area contributed by atoms with E-state index in [9.17, 15) is 9.59 Å². The molecule has 6 nitrogen and oxygen atoms in total. The maximum atomic E-state index is 11.8. The molecule has 0 radical (unpaired) electrons. The van der Waals surface area contributed by atoms with Crippen molar-refractivity contribution in [1.29, 1.82) is 0 Å². The van der Waals surface area contributed by atoms with Gasteiger partial charge < -0.3 is 21.1 Å². The molecular formula is C15H29N3O3. The summed E-state index contributed by atoms with van der Waals surface area (Å²) in [6.45, 7) is 1.23. The summed E-state index contributed by atoms with van der Waals surface area (Å²) in [5.41, 5.74) is 5.45. The molecule has 0 aromatic rings. The lowest BCUT2D eigenvalue weighted by atomic mass is 9.87. The zero-order chi connectivity index (χ0) is 15.5. The van der Waals surface area contributed by atoms with E-state index in [1.807, 2.05) is 0 Å². The number of rotatable bonds is 9. The normalized spacial score (nSPS) is 17.2. The topological polar surface area (TPSA) is 93.4 Å². The summed E-state index contributed by atoms with van der Waals surface area (Å²) in [6, 6.07) is 0. The standard InChI is InChI=1S/C15H29N3O3/c1-21-13(11-16)10-15(20)18-8-7-17-14(19)9-12-5-3-2-4-6-12/h12-13H,2-11,16H2,1H3,(H,17,19)(H,18,20). The number of hydrogen-bond donors (Lipinski definition) is 3. The Balaban J connectivity index is 2.04.